The average Bonchev–Trinajstić information content (AvgIpc) is 3.19. The predicted molar refractivity (Wildman–Crippen MR) is 78.2 cm³/mol. The van der Waals surface area contributed by atoms with E-state index in [-0.39, 0.29) is 0 Å². The predicted octanol–water partition coefficient (Wildman–Crippen LogP) is 3.05. The molecule has 0 amide bonds. The van der Waals surface area contributed by atoms with Crippen molar-refractivity contribution >= 4 is 11.3 Å². The molecule has 0 aliphatic heterocycles. The van der Waals surface area contributed by atoms with Crippen molar-refractivity contribution in [2.45, 2.75) is 38.8 Å². The van der Waals surface area contributed by atoms with Crippen molar-refractivity contribution in [2.24, 2.45) is 0 Å². The van der Waals surface area contributed by atoms with Crippen molar-refractivity contribution in [1.29, 1.82) is 0 Å². The van der Waals surface area contributed by atoms with Crippen LogP contribution in [0.3, 0.4) is 0 Å². The van der Waals surface area contributed by atoms with E-state index in [1.165, 1.54) is 23.5 Å². The summed E-state index contributed by atoms with van der Waals surface area (Å²) in [7, 11) is 0. The highest BCUT2D eigenvalue weighted by molar-refractivity contribution is 7.09. The summed E-state index contributed by atoms with van der Waals surface area (Å²) in [5, 5.41) is 3.38. The van der Waals surface area contributed by atoms with Crippen LogP contribution in [0.2, 0.25) is 0 Å². The molecular formula is C15H19N3S. The van der Waals surface area contributed by atoms with Gasteiger partial charge in [-0.3, -0.25) is 9.88 Å². The van der Waals surface area contributed by atoms with Gasteiger partial charge in [0.25, 0.3) is 0 Å². The summed E-state index contributed by atoms with van der Waals surface area (Å²) in [6.07, 6.45) is 5.59. The van der Waals surface area contributed by atoms with Gasteiger partial charge in [-0.2, -0.15) is 0 Å². The summed E-state index contributed by atoms with van der Waals surface area (Å²) >= 11 is 1.78. The Morgan fingerprint density at radius 2 is 2.26 bits per heavy atom. The van der Waals surface area contributed by atoms with Crippen LogP contribution in [0.5, 0.6) is 0 Å². The number of aromatic nitrogens is 2. The first-order valence-electron chi connectivity index (χ1n) is 6.86. The second-order valence-corrected chi connectivity index (χ2v) is 6.10. The Morgan fingerprint density at radius 3 is 2.89 bits per heavy atom. The molecule has 19 heavy (non-hydrogen) atoms. The summed E-state index contributed by atoms with van der Waals surface area (Å²) < 4.78 is 0. The third kappa shape index (κ3) is 3.61. The van der Waals surface area contributed by atoms with Gasteiger partial charge in [-0.05, 0) is 31.9 Å². The Labute approximate surface area is 118 Å². The van der Waals surface area contributed by atoms with Gasteiger partial charge in [-0.25, -0.2) is 4.98 Å². The molecular weight excluding hydrogens is 254 g/mol. The molecule has 1 fully saturated rings. The van der Waals surface area contributed by atoms with Crippen molar-refractivity contribution in [3.05, 3.63) is 46.2 Å². The molecule has 1 aliphatic carbocycles. The van der Waals surface area contributed by atoms with Crippen LogP contribution in [-0.2, 0) is 13.0 Å². The van der Waals surface area contributed by atoms with Crippen molar-refractivity contribution in [3.63, 3.8) is 0 Å². The van der Waals surface area contributed by atoms with E-state index in [1.54, 1.807) is 11.3 Å². The second-order valence-electron chi connectivity index (χ2n) is 5.16. The van der Waals surface area contributed by atoms with E-state index in [2.05, 4.69) is 39.3 Å². The lowest BCUT2D eigenvalue weighted by Crippen LogP contribution is -2.28. The van der Waals surface area contributed by atoms with Gasteiger partial charge in [0.05, 0.1) is 6.54 Å². The molecule has 0 saturated heterocycles. The molecule has 0 radical (unpaired) electrons. The maximum Gasteiger partial charge on any atom is 0.107 e. The Hall–Kier alpha value is -1.26. The molecule has 2 heterocycles. The molecule has 0 unspecified atom stereocenters. The topological polar surface area (TPSA) is 29.0 Å². The molecule has 0 aromatic carbocycles. The molecule has 1 saturated carbocycles. The highest BCUT2D eigenvalue weighted by Gasteiger charge is 2.29. The van der Waals surface area contributed by atoms with Crippen LogP contribution in [0.1, 0.15) is 29.2 Å². The molecule has 2 aromatic rings. The van der Waals surface area contributed by atoms with Gasteiger partial charge in [-0.15, -0.1) is 11.3 Å². The SMILES string of the molecule is Cc1csc(CN(CCc2ccccn2)C2CC2)n1. The minimum absolute atomic E-state index is 0.771. The highest BCUT2D eigenvalue weighted by atomic mass is 32.1. The summed E-state index contributed by atoms with van der Waals surface area (Å²) in [6, 6.07) is 6.92. The summed E-state index contributed by atoms with van der Waals surface area (Å²) in [4.78, 5) is 11.5. The van der Waals surface area contributed by atoms with Crippen molar-refractivity contribution < 1.29 is 0 Å². The Bertz CT molecular complexity index is 519. The van der Waals surface area contributed by atoms with Crippen LogP contribution >= 0.6 is 11.3 Å². The Morgan fingerprint density at radius 1 is 1.37 bits per heavy atom. The molecule has 1 aliphatic rings. The normalized spacial score (nSPS) is 15.1. The molecule has 0 bridgehead atoms. The zero-order valence-corrected chi connectivity index (χ0v) is 12.1. The summed E-state index contributed by atoms with van der Waals surface area (Å²) in [5.41, 5.74) is 2.32. The average molecular weight is 273 g/mol. The minimum Gasteiger partial charge on any atom is -0.293 e. The number of aryl methyl sites for hydroxylation is 1. The number of pyridine rings is 1. The summed E-state index contributed by atoms with van der Waals surface area (Å²) in [6.45, 7) is 4.14. The van der Waals surface area contributed by atoms with Gasteiger partial charge >= 0.3 is 0 Å². The van der Waals surface area contributed by atoms with Crippen LogP contribution in [0.15, 0.2) is 29.8 Å². The van der Waals surface area contributed by atoms with Gasteiger partial charge < -0.3 is 0 Å². The van der Waals surface area contributed by atoms with Crippen molar-refractivity contribution in [1.82, 2.24) is 14.9 Å². The zero-order chi connectivity index (χ0) is 13.1. The molecule has 3 rings (SSSR count). The Balaban J connectivity index is 1.59. The number of nitrogens with zero attached hydrogens (tertiary/aromatic N) is 3. The number of hydrogen-bond donors (Lipinski definition) is 0. The van der Waals surface area contributed by atoms with E-state index in [0.717, 1.165) is 31.2 Å². The number of hydrogen-bond acceptors (Lipinski definition) is 4. The Kier molecular flexibility index (Phi) is 3.89. The van der Waals surface area contributed by atoms with E-state index in [1.807, 2.05) is 12.3 Å². The lowest BCUT2D eigenvalue weighted by Gasteiger charge is -2.20. The lowest BCUT2D eigenvalue weighted by molar-refractivity contribution is 0.257. The molecule has 4 heteroatoms. The largest absolute Gasteiger partial charge is 0.293 e. The standard InChI is InChI=1S/C15H19N3S/c1-12-11-19-15(17-12)10-18(14-5-6-14)9-7-13-4-2-3-8-16-13/h2-4,8,11,14H,5-7,9-10H2,1H3. The van der Waals surface area contributed by atoms with E-state index in [9.17, 15) is 0 Å². The lowest BCUT2D eigenvalue weighted by atomic mass is 10.2. The highest BCUT2D eigenvalue weighted by Crippen LogP contribution is 2.28. The third-order valence-corrected chi connectivity index (χ3v) is 4.40. The third-order valence-electron chi connectivity index (χ3n) is 3.45. The molecule has 3 nitrogen and oxygen atoms in total. The zero-order valence-electron chi connectivity index (χ0n) is 11.2. The van der Waals surface area contributed by atoms with Gasteiger partial charge in [0.2, 0.25) is 0 Å². The van der Waals surface area contributed by atoms with Crippen LogP contribution in [-0.4, -0.2) is 27.5 Å². The summed E-state index contributed by atoms with van der Waals surface area (Å²) in [5.74, 6) is 0. The van der Waals surface area contributed by atoms with Gasteiger partial charge in [0, 0.05) is 42.0 Å². The van der Waals surface area contributed by atoms with Gasteiger partial charge in [-0.1, -0.05) is 6.07 Å². The smallest absolute Gasteiger partial charge is 0.107 e. The van der Waals surface area contributed by atoms with E-state index >= 15 is 0 Å². The van der Waals surface area contributed by atoms with E-state index < -0.39 is 0 Å². The molecule has 0 spiro atoms. The van der Waals surface area contributed by atoms with Crippen LogP contribution in [0.25, 0.3) is 0 Å². The first-order chi connectivity index (χ1) is 9.31. The monoisotopic (exact) mass is 273 g/mol. The van der Waals surface area contributed by atoms with E-state index in [4.69, 9.17) is 0 Å². The van der Waals surface area contributed by atoms with Crippen LogP contribution in [0.4, 0.5) is 0 Å². The maximum absolute atomic E-state index is 4.58. The first-order valence-corrected chi connectivity index (χ1v) is 7.74. The van der Waals surface area contributed by atoms with Crippen molar-refractivity contribution in [2.75, 3.05) is 6.54 Å². The molecule has 100 valence electrons. The first kappa shape index (κ1) is 12.8. The van der Waals surface area contributed by atoms with E-state index in [0.29, 0.717) is 0 Å². The van der Waals surface area contributed by atoms with Crippen LogP contribution < -0.4 is 0 Å². The van der Waals surface area contributed by atoms with Crippen LogP contribution in [0, 0.1) is 6.92 Å². The van der Waals surface area contributed by atoms with Crippen molar-refractivity contribution in [3.8, 4) is 0 Å². The molecule has 0 atom stereocenters. The second kappa shape index (κ2) is 5.80. The van der Waals surface area contributed by atoms with Gasteiger partial charge in [0.15, 0.2) is 0 Å². The maximum atomic E-state index is 4.58. The number of rotatable bonds is 6. The minimum atomic E-state index is 0.771. The molecule has 0 N–H and O–H groups in total. The molecule has 2 aromatic heterocycles. The van der Waals surface area contributed by atoms with Gasteiger partial charge in [0.1, 0.15) is 5.01 Å². The quantitative estimate of drug-likeness (QED) is 0.810. The fourth-order valence-electron chi connectivity index (χ4n) is 2.28. The fraction of sp³-hybridized carbons (Fsp3) is 0.467. The number of thiazole rings is 1. The fourth-order valence-corrected chi connectivity index (χ4v) is 3.08.